The first-order valence-electron chi connectivity index (χ1n) is 18.0. The number of carbonyl (C=O) groups is 6. The van der Waals surface area contributed by atoms with E-state index in [0.717, 1.165) is 5.56 Å². The molecule has 2 aromatic rings. The van der Waals surface area contributed by atoms with Crippen molar-refractivity contribution in [2.24, 2.45) is 23.7 Å². The molecule has 6 N–H and O–H groups in total. The van der Waals surface area contributed by atoms with E-state index in [2.05, 4.69) is 31.9 Å². The van der Waals surface area contributed by atoms with E-state index in [9.17, 15) is 28.8 Å². The minimum atomic E-state index is -0.995. The third kappa shape index (κ3) is 13.1. The van der Waals surface area contributed by atoms with E-state index in [1.807, 2.05) is 61.5 Å². The standard InChI is InChI=1S/C39H56N6O6/c1-22(2)15-30-36(48)40-21-26-11-9-14-29(19-26)41-34(46)27-12-10-13-28(20-27)35(47)42-31(16-23(3)4)37(49)44-33(18-25(7)8)39(51)45-32(17-24(5)6)38(50)43-30/h9-14,19-20,22-25,30-33H,15-18,21H2,1-8H3,(H,40,48)(H,41,46)(H,42,47)(H,43,50)(H,44,49)(H,45,51)/t30-,31-,32-,33+/m0/s1. The molecule has 0 saturated heterocycles. The Labute approximate surface area is 302 Å². The van der Waals surface area contributed by atoms with Gasteiger partial charge in [-0.2, -0.15) is 0 Å². The fraction of sp³-hybridized carbons (Fsp3) is 0.538. The second-order valence-corrected chi connectivity index (χ2v) is 15.2. The summed E-state index contributed by atoms with van der Waals surface area (Å²) in [5.41, 5.74) is 1.64. The zero-order valence-corrected chi connectivity index (χ0v) is 31.2. The Hall–Kier alpha value is -4.74. The largest absolute Gasteiger partial charge is 0.350 e. The Kier molecular flexibility index (Phi) is 15.2. The lowest BCUT2D eigenvalue weighted by Gasteiger charge is -2.28. The van der Waals surface area contributed by atoms with Gasteiger partial charge in [0.25, 0.3) is 11.8 Å². The van der Waals surface area contributed by atoms with Crippen LogP contribution in [0, 0.1) is 23.7 Å². The Morgan fingerprint density at radius 2 is 0.922 bits per heavy atom. The molecular formula is C39H56N6O6. The second-order valence-electron chi connectivity index (χ2n) is 15.2. The molecule has 1 heterocycles. The van der Waals surface area contributed by atoms with E-state index in [0.29, 0.717) is 24.9 Å². The predicted molar refractivity (Wildman–Crippen MR) is 198 cm³/mol. The number of carbonyl (C=O) groups excluding carboxylic acids is 6. The number of benzene rings is 2. The van der Waals surface area contributed by atoms with Crippen molar-refractivity contribution >= 4 is 41.1 Å². The van der Waals surface area contributed by atoms with Crippen LogP contribution in [0.5, 0.6) is 0 Å². The van der Waals surface area contributed by atoms with Crippen molar-refractivity contribution in [2.75, 3.05) is 5.32 Å². The summed E-state index contributed by atoms with van der Waals surface area (Å²) in [5.74, 6) is -2.82. The number of fused-ring (bicyclic) bond motifs is 4. The molecule has 2 aromatic carbocycles. The topological polar surface area (TPSA) is 175 Å². The third-order valence-corrected chi connectivity index (χ3v) is 8.39. The number of hydrogen-bond acceptors (Lipinski definition) is 6. The third-order valence-electron chi connectivity index (χ3n) is 8.39. The highest BCUT2D eigenvalue weighted by atomic mass is 16.2. The summed E-state index contributed by atoms with van der Waals surface area (Å²) < 4.78 is 0. The van der Waals surface area contributed by atoms with E-state index in [1.165, 1.54) is 6.07 Å². The van der Waals surface area contributed by atoms with Crippen molar-refractivity contribution in [1.82, 2.24) is 26.6 Å². The first-order valence-corrected chi connectivity index (χ1v) is 18.0. The highest BCUT2D eigenvalue weighted by molar-refractivity contribution is 6.06. The molecule has 278 valence electrons. The molecule has 6 amide bonds. The lowest BCUT2D eigenvalue weighted by molar-refractivity contribution is -0.134. The molecule has 0 radical (unpaired) electrons. The van der Waals surface area contributed by atoms with Crippen LogP contribution in [0.3, 0.4) is 0 Å². The van der Waals surface area contributed by atoms with Gasteiger partial charge in [0.2, 0.25) is 23.6 Å². The van der Waals surface area contributed by atoms with Crippen LogP contribution in [-0.2, 0) is 25.7 Å². The quantitative estimate of drug-likeness (QED) is 0.239. The van der Waals surface area contributed by atoms with E-state index in [4.69, 9.17) is 0 Å². The van der Waals surface area contributed by atoms with Gasteiger partial charge >= 0.3 is 0 Å². The Balaban J connectivity index is 2.06. The van der Waals surface area contributed by atoms with Gasteiger partial charge in [0.15, 0.2) is 0 Å². The lowest BCUT2D eigenvalue weighted by atomic mass is 9.98. The van der Waals surface area contributed by atoms with Crippen molar-refractivity contribution in [3.05, 3.63) is 65.2 Å². The number of hydrogen-bond donors (Lipinski definition) is 6. The molecule has 4 bridgehead atoms. The first kappa shape index (κ1) is 40.7. The maximum atomic E-state index is 13.9. The monoisotopic (exact) mass is 704 g/mol. The van der Waals surface area contributed by atoms with E-state index >= 15 is 0 Å². The minimum absolute atomic E-state index is 0.00685. The summed E-state index contributed by atoms with van der Waals surface area (Å²) in [6, 6.07) is 9.39. The molecule has 12 nitrogen and oxygen atoms in total. The SMILES string of the molecule is CC(C)C[C@@H]1NC(=O)c2cccc(c2)C(=O)Nc2cccc(c2)CNC(=O)[C@H](CC(C)C)NC(=O)[C@H](CC(C)C)NC(=O)[C@@H](CC(C)C)NC1=O. The molecule has 1 aliphatic heterocycles. The van der Waals surface area contributed by atoms with Gasteiger partial charge in [-0.05, 0) is 85.3 Å². The van der Waals surface area contributed by atoms with Crippen LogP contribution in [0.1, 0.15) is 107 Å². The average Bonchev–Trinajstić information content (AvgIpc) is 3.04. The molecule has 0 aliphatic carbocycles. The lowest BCUT2D eigenvalue weighted by Crippen LogP contribution is -2.58. The number of anilines is 1. The van der Waals surface area contributed by atoms with E-state index in [-0.39, 0.29) is 53.7 Å². The van der Waals surface area contributed by atoms with E-state index < -0.39 is 53.7 Å². The molecule has 51 heavy (non-hydrogen) atoms. The number of amides is 6. The minimum Gasteiger partial charge on any atom is -0.350 e. The zero-order chi connectivity index (χ0) is 37.8. The van der Waals surface area contributed by atoms with Gasteiger partial charge in [-0.3, -0.25) is 28.8 Å². The van der Waals surface area contributed by atoms with Crippen LogP contribution in [0.15, 0.2) is 48.5 Å². The predicted octanol–water partition coefficient (Wildman–Crippen LogP) is 4.31. The van der Waals surface area contributed by atoms with Gasteiger partial charge in [0, 0.05) is 23.4 Å². The smallest absolute Gasteiger partial charge is 0.255 e. The summed E-state index contributed by atoms with van der Waals surface area (Å²) in [6.07, 6.45) is 1.25. The van der Waals surface area contributed by atoms with Crippen LogP contribution < -0.4 is 31.9 Å². The Morgan fingerprint density at radius 1 is 0.510 bits per heavy atom. The first-order chi connectivity index (χ1) is 24.0. The summed E-state index contributed by atoms with van der Waals surface area (Å²) in [7, 11) is 0. The van der Waals surface area contributed by atoms with Crippen LogP contribution in [0.4, 0.5) is 5.69 Å². The molecule has 0 aromatic heterocycles. The summed E-state index contributed by atoms with van der Waals surface area (Å²) in [6.45, 7) is 15.6. The maximum Gasteiger partial charge on any atom is 0.255 e. The molecule has 0 saturated carbocycles. The molecular weight excluding hydrogens is 648 g/mol. The van der Waals surface area contributed by atoms with Crippen molar-refractivity contribution in [3.8, 4) is 0 Å². The van der Waals surface area contributed by atoms with Crippen LogP contribution >= 0.6 is 0 Å². The van der Waals surface area contributed by atoms with Gasteiger partial charge < -0.3 is 31.9 Å². The van der Waals surface area contributed by atoms with Gasteiger partial charge in [-0.15, -0.1) is 0 Å². The van der Waals surface area contributed by atoms with Crippen molar-refractivity contribution in [2.45, 2.75) is 112 Å². The van der Waals surface area contributed by atoms with Crippen LogP contribution in [-0.4, -0.2) is 59.6 Å². The van der Waals surface area contributed by atoms with E-state index in [1.54, 1.807) is 36.4 Å². The molecule has 4 atom stereocenters. The van der Waals surface area contributed by atoms with Crippen molar-refractivity contribution < 1.29 is 28.8 Å². The normalized spacial score (nSPS) is 21.5. The summed E-state index contributed by atoms with van der Waals surface area (Å²) in [4.78, 5) is 81.7. The van der Waals surface area contributed by atoms with Crippen molar-refractivity contribution in [3.63, 3.8) is 0 Å². The fourth-order valence-electron chi connectivity index (χ4n) is 5.95. The van der Waals surface area contributed by atoms with Crippen LogP contribution in [0.2, 0.25) is 0 Å². The number of nitrogens with one attached hydrogen (secondary N) is 6. The zero-order valence-electron chi connectivity index (χ0n) is 31.2. The van der Waals surface area contributed by atoms with Crippen LogP contribution in [0.25, 0.3) is 0 Å². The summed E-state index contributed by atoms with van der Waals surface area (Å²) in [5, 5.41) is 17.1. The molecule has 1 aliphatic rings. The van der Waals surface area contributed by atoms with Crippen molar-refractivity contribution in [1.29, 1.82) is 0 Å². The van der Waals surface area contributed by atoms with Gasteiger partial charge in [0.1, 0.15) is 24.2 Å². The van der Waals surface area contributed by atoms with Gasteiger partial charge in [-0.1, -0.05) is 73.6 Å². The fourth-order valence-corrected chi connectivity index (χ4v) is 5.95. The van der Waals surface area contributed by atoms with Gasteiger partial charge in [-0.25, -0.2) is 0 Å². The molecule has 0 spiro atoms. The number of rotatable bonds is 8. The Morgan fingerprint density at radius 3 is 1.39 bits per heavy atom. The highest BCUT2D eigenvalue weighted by Gasteiger charge is 2.33. The second kappa shape index (κ2) is 19.0. The highest BCUT2D eigenvalue weighted by Crippen LogP contribution is 2.16. The molecule has 12 heteroatoms. The molecule has 0 fully saturated rings. The maximum absolute atomic E-state index is 13.9. The molecule has 3 rings (SSSR count). The molecule has 0 unspecified atom stereocenters. The average molecular weight is 705 g/mol. The summed E-state index contributed by atoms with van der Waals surface area (Å²) >= 11 is 0. The Bertz CT molecular complexity index is 1550. The van der Waals surface area contributed by atoms with Gasteiger partial charge in [0.05, 0.1) is 0 Å².